The fraction of sp³-hybridized carbons (Fsp3) is 0.714. The molecule has 0 aliphatic carbocycles. The van der Waals surface area contributed by atoms with E-state index in [0.717, 1.165) is 25.7 Å². The van der Waals surface area contributed by atoms with Gasteiger partial charge in [-0.3, -0.25) is 4.79 Å². The number of rotatable bonds is 6. The molecule has 1 unspecified atom stereocenters. The molecule has 0 spiro atoms. The monoisotopic (exact) mass is 268 g/mol. The number of carbonyl (C=O) groups excluding carboxylic acids is 1. The Hall–Kier alpha value is -1.52. The summed E-state index contributed by atoms with van der Waals surface area (Å²) in [5, 5.41) is 8.94. The van der Waals surface area contributed by atoms with Gasteiger partial charge in [-0.15, -0.1) is 6.58 Å². The molecule has 1 fully saturated rings. The quantitative estimate of drug-likeness (QED) is 0.752. The minimum Gasteiger partial charge on any atom is -0.481 e. The van der Waals surface area contributed by atoms with E-state index in [2.05, 4.69) is 6.58 Å². The summed E-state index contributed by atoms with van der Waals surface area (Å²) in [6, 6.07) is -0.212. The zero-order chi connectivity index (χ0) is 14.3. The van der Waals surface area contributed by atoms with Crippen molar-refractivity contribution in [2.45, 2.75) is 45.1 Å². The van der Waals surface area contributed by atoms with E-state index in [1.807, 2.05) is 6.92 Å². The van der Waals surface area contributed by atoms with Crippen molar-refractivity contribution in [3.05, 3.63) is 12.7 Å². The summed E-state index contributed by atoms with van der Waals surface area (Å²) >= 11 is 0. The standard InChI is InChI=1S/C14H24N2O3/c1-3-8-15(9-4-2)14(19)16-10-6-5-7-12(16)11-13(17)18/h3,12H,1,4-11H2,2H3,(H,17,18). The van der Waals surface area contributed by atoms with Crippen LogP contribution in [0.25, 0.3) is 0 Å². The van der Waals surface area contributed by atoms with Gasteiger partial charge in [0.2, 0.25) is 0 Å². The van der Waals surface area contributed by atoms with Gasteiger partial charge >= 0.3 is 12.0 Å². The number of amides is 2. The van der Waals surface area contributed by atoms with Crippen LogP contribution in [0.1, 0.15) is 39.0 Å². The van der Waals surface area contributed by atoms with Crippen LogP contribution in [0.3, 0.4) is 0 Å². The second kappa shape index (κ2) is 7.81. The number of nitrogens with zero attached hydrogens (tertiary/aromatic N) is 2. The highest BCUT2D eigenvalue weighted by molar-refractivity contribution is 5.76. The maximum absolute atomic E-state index is 12.5. The summed E-state index contributed by atoms with van der Waals surface area (Å²) in [7, 11) is 0. The van der Waals surface area contributed by atoms with Crippen LogP contribution >= 0.6 is 0 Å². The molecule has 1 saturated heterocycles. The largest absolute Gasteiger partial charge is 0.481 e. The molecule has 0 aromatic carbocycles. The maximum atomic E-state index is 12.5. The third kappa shape index (κ3) is 4.58. The molecule has 1 aliphatic heterocycles. The molecule has 2 amide bonds. The van der Waals surface area contributed by atoms with Crippen LogP contribution < -0.4 is 0 Å². The maximum Gasteiger partial charge on any atom is 0.320 e. The van der Waals surface area contributed by atoms with Gasteiger partial charge in [-0.2, -0.15) is 0 Å². The summed E-state index contributed by atoms with van der Waals surface area (Å²) in [6.45, 7) is 7.55. The van der Waals surface area contributed by atoms with E-state index in [-0.39, 0.29) is 18.5 Å². The fourth-order valence-corrected chi connectivity index (χ4v) is 2.54. The van der Waals surface area contributed by atoms with Crippen LogP contribution in [0.15, 0.2) is 12.7 Å². The molecule has 0 saturated carbocycles. The Kier molecular flexibility index (Phi) is 6.39. The van der Waals surface area contributed by atoms with Crippen LogP contribution in [0.5, 0.6) is 0 Å². The first-order chi connectivity index (χ1) is 9.10. The van der Waals surface area contributed by atoms with E-state index in [0.29, 0.717) is 19.6 Å². The van der Waals surface area contributed by atoms with Crippen molar-refractivity contribution in [2.24, 2.45) is 0 Å². The van der Waals surface area contributed by atoms with E-state index in [9.17, 15) is 9.59 Å². The molecule has 0 aromatic heterocycles. The molecule has 1 atom stereocenters. The zero-order valence-corrected chi connectivity index (χ0v) is 11.7. The van der Waals surface area contributed by atoms with Crippen LogP contribution in [0, 0.1) is 0 Å². The lowest BCUT2D eigenvalue weighted by molar-refractivity contribution is -0.138. The van der Waals surface area contributed by atoms with Gasteiger partial charge < -0.3 is 14.9 Å². The highest BCUT2D eigenvalue weighted by atomic mass is 16.4. The molecule has 0 bridgehead atoms. The molecule has 108 valence electrons. The third-order valence-electron chi connectivity index (χ3n) is 3.40. The first-order valence-electron chi connectivity index (χ1n) is 6.98. The molecule has 19 heavy (non-hydrogen) atoms. The van der Waals surface area contributed by atoms with Crippen molar-refractivity contribution in [1.29, 1.82) is 0 Å². The highest BCUT2D eigenvalue weighted by Crippen LogP contribution is 2.21. The lowest BCUT2D eigenvalue weighted by Crippen LogP contribution is -2.51. The molecule has 5 heteroatoms. The van der Waals surface area contributed by atoms with Crippen LogP contribution in [-0.4, -0.2) is 52.6 Å². The minimum atomic E-state index is -0.838. The second-order valence-corrected chi connectivity index (χ2v) is 4.96. The van der Waals surface area contributed by atoms with Crippen molar-refractivity contribution in [3.8, 4) is 0 Å². The Morgan fingerprint density at radius 2 is 2.21 bits per heavy atom. The second-order valence-electron chi connectivity index (χ2n) is 4.96. The number of aliphatic carboxylic acids is 1. The number of hydrogen-bond acceptors (Lipinski definition) is 2. The summed E-state index contributed by atoms with van der Waals surface area (Å²) < 4.78 is 0. The van der Waals surface area contributed by atoms with E-state index in [1.54, 1.807) is 15.9 Å². The van der Waals surface area contributed by atoms with Crippen molar-refractivity contribution in [1.82, 2.24) is 9.80 Å². The molecule has 0 radical (unpaired) electrons. The Morgan fingerprint density at radius 1 is 1.47 bits per heavy atom. The molecular formula is C14H24N2O3. The van der Waals surface area contributed by atoms with Gasteiger partial charge in [0.1, 0.15) is 0 Å². The van der Waals surface area contributed by atoms with Gasteiger partial charge in [-0.25, -0.2) is 4.79 Å². The molecule has 1 N–H and O–H groups in total. The molecule has 0 aromatic rings. The topological polar surface area (TPSA) is 60.9 Å². The number of likely N-dealkylation sites (tertiary alicyclic amines) is 1. The Morgan fingerprint density at radius 3 is 2.79 bits per heavy atom. The highest BCUT2D eigenvalue weighted by Gasteiger charge is 2.30. The number of carboxylic acids is 1. The lowest BCUT2D eigenvalue weighted by Gasteiger charge is -2.38. The SMILES string of the molecule is C=CCN(CCC)C(=O)N1CCCCC1CC(=O)O. The molecular weight excluding hydrogens is 244 g/mol. The smallest absolute Gasteiger partial charge is 0.320 e. The molecule has 1 heterocycles. The van der Waals surface area contributed by atoms with Crippen LogP contribution in [-0.2, 0) is 4.79 Å². The van der Waals surface area contributed by atoms with Gasteiger partial charge in [0.25, 0.3) is 0 Å². The van der Waals surface area contributed by atoms with Crippen molar-refractivity contribution in [3.63, 3.8) is 0 Å². The Balaban J connectivity index is 2.73. The minimum absolute atomic E-state index is 0.0415. The summed E-state index contributed by atoms with van der Waals surface area (Å²) in [5.41, 5.74) is 0. The fourth-order valence-electron chi connectivity index (χ4n) is 2.54. The predicted octanol–water partition coefficient (Wildman–Crippen LogP) is 2.33. The Bertz CT molecular complexity index is 331. The van der Waals surface area contributed by atoms with Gasteiger partial charge in [0, 0.05) is 25.7 Å². The summed E-state index contributed by atoms with van der Waals surface area (Å²) in [4.78, 5) is 26.8. The van der Waals surface area contributed by atoms with Gasteiger partial charge in [0.05, 0.1) is 6.42 Å². The van der Waals surface area contributed by atoms with Crippen LogP contribution in [0.2, 0.25) is 0 Å². The predicted molar refractivity (Wildman–Crippen MR) is 74.1 cm³/mol. The average molecular weight is 268 g/mol. The number of hydrogen-bond donors (Lipinski definition) is 1. The summed E-state index contributed by atoms with van der Waals surface area (Å²) in [5.74, 6) is -0.838. The van der Waals surface area contributed by atoms with E-state index in [1.165, 1.54) is 0 Å². The average Bonchev–Trinajstić information content (AvgIpc) is 2.38. The van der Waals surface area contributed by atoms with Crippen molar-refractivity contribution >= 4 is 12.0 Å². The summed E-state index contributed by atoms with van der Waals surface area (Å²) in [6.07, 6.45) is 5.37. The number of piperidine rings is 1. The molecule has 1 rings (SSSR count). The third-order valence-corrected chi connectivity index (χ3v) is 3.40. The van der Waals surface area contributed by atoms with Crippen molar-refractivity contribution < 1.29 is 14.7 Å². The van der Waals surface area contributed by atoms with Gasteiger partial charge in [0.15, 0.2) is 0 Å². The first kappa shape index (κ1) is 15.5. The zero-order valence-electron chi connectivity index (χ0n) is 11.7. The molecule has 1 aliphatic rings. The normalized spacial score (nSPS) is 19.0. The number of carboxylic acid groups (broad SMARTS) is 1. The lowest BCUT2D eigenvalue weighted by atomic mass is 10.00. The first-order valence-corrected chi connectivity index (χ1v) is 6.98. The van der Waals surface area contributed by atoms with E-state index in [4.69, 9.17) is 5.11 Å². The Labute approximate surface area is 114 Å². The van der Waals surface area contributed by atoms with E-state index >= 15 is 0 Å². The number of carbonyl (C=O) groups is 2. The number of urea groups is 1. The van der Waals surface area contributed by atoms with Gasteiger partial charge in [-0.1, -0.05) is 13.0 Å². The molecule has 5 nitrogen and oxygen atoms in total. The van der Waals surface area contributed by atoms with Gasteiger partial charge in [-0.05, 0) is 25.7 Å². The van der Waals surface area contributed by atoms with E-state index < -0.39 is 5.97 Å². The van der Waals surface area contributed by atoms with Crippen molar-refractivity contribution in [2.75, 3.05) is 19.6 Å². The van der Waals surface area contributed by atoms with Crippen LogP contribution in [0.4, 0.5) is 4.79 Å².